The fourth-order valence-electron chi connectivity index (χ4n) is 1.63. The van der Waals surface area contributed by atoms with Crippen LogP contribution in [-0.4, -0.2) is 7.11 Å². The summed E-state index contributed by atoms with van der Waals surface area (Å²) in [6, 6.07) is 9.95. The van der Waals surface area contributed by atoms with Gasteiger partial charge in [-0.2, -0.15) is 0 Å². The second-order valence-electron chi connectivity index (χ2n) is 3.44. The van der Waals surface area contributed by atoms with Crippen LogP contribution < -0.4 is 4.74 Å². The second-order valence-corrected chi connectivity index (χ2v) is 4.73. The molecule has 0 spiro atoms. The van der Waals surface area contributed by atoms with Crippen LogP contribution in [0.1, 0.15) is 0 Å². The van der Waals surface area contributed by atoms with E-state index in [1.165, 1.54) is 13.2 Å². The van der Waals surface area contributed by atoms with Crippen molar-refractivity contribution >= 4 is 27.5 Å². The molecule has 0 aliphatic heterocycles. The molecule has 0 atom stereocenters. The smallest absolute Gasteiger partial charge is 0.132 e. The van der Waals surface area contributed by atoms with Crippen LogP contribution in [0.5, 0.6) is 5.75 Å². The van der Waals surface area contributed by atoms with E-state index in [1.54, 1.807) is 30.3 Å². The number of hydrogen-bond acceptors (Lipinski definition) is 1. The van der Waals surface area contributed by atoms with E-state index in [1.807, 2.05) is 0 Å². The molecule has 0 heterocycles. The standard InChI is InChI=1S/C13H9BrClFO/c1-17-12-7-8(15)5-6-9(12)13-10(14)3-2-4-11(13)16/h2-7H,1H3. The highest BCUT2D eigenvalue weighted by Crippen LogP contribution is 2.38. The van der Waals surface area contributed by atoms with Crippen LogP contribution in [0.15, 0.2) is 40.9 Å². The first kappa shape index (κ1) is 12.4. The Kier molecular flexibility index (Phi) is 3.69. The molecule has 88 valence electrons. The van der Waals surface area contributed by atoms with Gasteiger partial charge >= 0.3 is 0 Å². The molecule has 0 aliphatic carbocycles. The van der Waals surface area contributed by atoms with Crippen molar-refractivity contribution in [2.24, 2.45) is 0 Å². The number of rotatable bonds is 2. The zero-order valence-electron chi connectivity index (χ0n) is 9.01. The zero-order valence-corrected chi connectivity index (χ0v) is 11.3. The fraction of sp³-hybridized carbons (Fsp3) is 0.0769. The van der Waals surface area contributed by atoms with Crippen molar-refractivity contribution in [1.82, 2.24) is 0 Å². The number of ether oxygens (including phenoxy) is 1. The Morgan fingerprint density at radius 1 is 1.24 bits per heavy atom. The molecule has 0 fully saturated rings. The lowest BCUT2D eigenvalue weighted by Gasteiger charge is -2.11. The third kappa shape index (κ3) is 2.45. The maximum Gasteiger partial charge on any atom is 0.132 e. The Morgan fingerprint density at radius 3 is 2.65 bits per heavy atom. The first-order valence-electron chi connectivity index (χ1n) is 4.91. The van der Waals surface area contributed by atoms with Gasteiger partial charge in [0.1, 0.15) is 11.6 Å². The van der Waals surface area contributed by atoms with Crippen LogP contribution in [0.2, 0.25) is 5.02 Å². The molecule has 0 amide bonds. The van der Waals surface area contributed by atoms with Crippen molar-refractivity contribution in [1.29, 1.82) is 0 Å². The van der Waals surface area contributed by atoms with Crippen LogP contribution in [0.25, 0.3) is 11.1 Å². The molecule has 0 bridgehead atoms. The molecule has 0 saturated heterocycles. The van der Waals surface area contributed by atoms with Crippen molar-refractivity contribution in [3.05, 3.63) is 51.7 Å². The SMILES string of the molecule is COc1cc(Cl)ccc1-c1c(F)cccc1Br. The maximum absolute atomic E-state index is 13.8. The maximum atomic E-state index is 13.8. The van der Waals surface area contributed by atoms with Crippen LogP contribution in [0.4, 0.5) is 4.39 Å². The van der Waals surface area contributed by atoms with Gasteiger partial charge in [-0.3, -0.25) is 0 Å². The van der Waals surface area contributed by atoms with Crippen LogP contribution in [0, 0.1) is 5.82 Å². The van der Waals surface area contributed by atoms with E-state index in [-0.39, 0.29) is 5.82 Å². The van der Waals surface area contributed by atoms with Gasteiger partial charge in [-0.05, 0) is 30.3 Å². The van der Waals surface area contributed by atoms with E-state index in [0.717, 1.165) is 0 Å². The minimum absolute atomic E-state index is 0.306. The average Bonchev–Trinajstić information content (AvgIpc) is 2.30. The van der Waals surface area contributed by atoms with E-state index in [9.17, 15) is 4.39 Å². The minimum atomic E-state index is -0.306. The minimum Gasteiger partial charge on any atom is -0.496 e. The molecular formula is C13H9BrClFO. The topological polar surface area (TPSA) is 9.23 Å². The van der Waals surface area contributed by atoms with Crippen LogP contribution >= 0.6 is 27.5 Å². The predicted molar refractivity (Wildman–Crippen MR) is 71.1 cm³/mol. The molecule has 0 N–H and O–H groups in total. The van der Waals surface area contributed by atoms with E-state index in [0.29, 0.717) is 26.4 Å². The summed E-state index contributed by atoms with van der Waals surface area (Å²) in [5.74, 6) is 0.239. The lowest BCUT2D eigenvalue weighted by Crippen LogP contribution is -1.91. The van der Waals surface area contributed by atoms with Crippen molar-refractivity contribution in [3.63, 3.8) is 0 Å². The number of methoxy groups -OCH3 is 1. The summed E-state index contributed by atoms with van der Waals surface area (Å²) >= 11 is 9.21. The van der Waals surface area contributed by atoms with E-state index in [4.69, 9.17) is 16.3 Å². The van der Waals surface area contributed by atoms with Gasteiger partial charge in [0.15, 0.2) is 0 Å². The second kappa shape index (κ2) is 5.07. The molecule has 0 radical (unpaired) electrons. The summed E-state index contributed by atoms with van der Waals surface area (Å²) in [5.41, 5.74) is 1.14. The lowest BCUT2D eigenvalue weighted by atomic mass is 10.0. The Balaban J connectivity index is 2.68. The fourth-order valence-corrected chi connectivity index (χ4v) is 2.34. The number of hydrogen-bond donors (Lipinski definition) is 0. The summed E-state index contributed by atoms with van der Waals surface area (Å²) < 4.78 is 19.7. The Labute approximate surface area is 112 Å². The quantitative estimate of drug-likeness (QED) is 0.764. The van der Waals surface area contributed by atoms with Crippen molar-refractivity contribution in [3.8, 4) is 16.9 Å². The highest BCUT2D eigenvalue weighted by atomic mass is 79.9. The largest absolute Gasteiger partial charge is 0.496 e. The molecule has 0 unspecified atom stereocenters. The summed E-state index contributed by atoms with van der Waals surface area (Å²) in [7, 11) is 1.53. The predicted octanol–water partition coefficient (Wildman–Crippen LogP) is 4.92. The molecule has 0 saturated carbocycles. The average molecular weight is 316 g/mol. The van der Waals surface area contributed by atoms with Gasteiger partial charge in [-0.25, -0.2) is 4.39 Å². The van der Waals surface area contributed by atoms with Gasteiger partial charge in [-0.15, -0.1) is 0 Å². The van der Waals surface area contributed by atoms with E-state index in [2.05, 4.69) is 15.9 Å². The number of halogens is 3. The summed E-state index contributed by atoms with van der Waals surface area (Å²) in [6.07, 6.45) is 0. The molecule has 0 aliphatic rings. The normalized spacial score (nSPS) is 10.4. The molecule has 2 aromatic rings. The molecule has 1 nitrogen and oxygen atoms in total. The first-order chi connectivity index (χ1) is 8.13. The molecule has 2 rings (SSSR count). The molecule has 0 aromatic heterocycles. The lowest BCUT2D eigenvalue weighted by molar-refractivity contribution is 0.416. The monoisotopic (exact) mass is 314 g/mol. The number of benzene rings is 2. The molecule has 4 heteroatoms. The van der Waals surface area contributed by atoms with Gasteiger partial charge in [0.05, 0.1) is 7.11 Å². The molecule has 17 heavy (non-hydrogen) atoms. The Bertz CT molecular complexity index is 537. The van der Waals surface area contributed by atoms with Crippen molar-refractivity contribution < 1.29 is 9.13 Å². The third-order valence-electron chi connectivity index (χ3n) is 2.40. The van der Waals surface area contributed by atoms with Crippen LogP contribution in [0.3, 0.4) is 0 Å². The van der Waals surface area contributed by atoms with E-state index < -0.39 is 0 Å². The Hall–Kier alpha value is -1.06. The van der Waals surface area contributed by atoms with Gasteiger partial charge in [-0.1, -0.05) is 33.6 Å². The highest BCUT2D eigenvalue weighted by Gasteiger charge is 2.13. The summed E-state index contributed by atoms with van der Waals surface area (Å²) in [4.78, 5) is 0. The third-order valence-corrected chi connectivity index (χ3v) is 3.29. The Morgan fingerprint density at radius 2 is 2.00 bits per heavy atom. The zero-order chi connectivity index (χ0) is 12.4. The summed E-state index contributed by atoms with van der Waals surface area (Å²) in [6.45, 7) is 0. The van der Waals surface area contributed by atoms with Crippen molar-refractivity contribution in [2.45, 2.75) is 0 Å². The van der Waals surface area contributed by atoms with Gasteiger partial charge in [0, 0.05) is 20.6 Å². The van der Waals surface area contributed by atoms with Crippen LogP contribution in [-0.2, 0) is 0 Å². The van der Waals surface area contributed by atoms with Crippen molar-refractivity contribution in [2.75, 3.05) is 7.11 Å². The highest BCUT2D eigenvalue weighted by molar-refractivity contribution is 9.10. The first-order valence-corrected chi connectivity index (χ1v) is 6.08. The summed E-state index contributed by atoms with van der Waals surface area (Å²) in [5, 5.41) is 0.554. The van der Waals surface area contributed by atoms with E-state index >= 15 is 0 Å². The molecule has 2 aromatic carbocycles. The van der Waals surface area contributed by atoms with Gasteiger partial charge in [0.2, 0.25) is 0 Å². The molecular weight excluding hydrogens is 306 g/mol. The van der Waals surface area contributed by atoms with Gasteiger partial charge in [0.25, 0.3) is 0 Å². The van der Waals surface area contributed by atoms with Gasteiger partial charge < -0.3 is 4.74 Å².